The van der Waals surface area contributed by atoms with Crippen LogP contribution in [0.3, 0.4) is 0 Å². The smallest absolute Gasteiger partial charge is 0.205 e. The number of nitrogens with zero attached hydrogens (tertiary/aromatic N) is 3. The van der Waals surface area contributed by atoms with E-state index in [1.807, 2.05) is 4.57 Å². The molecule has 122 valence electrons. The first-order valence-electron chi connectivity index (χ1n) is 7.99. The first-order valence-corrected chi connectivity index (χ1v) is 9.77. The zero-order chi connectivity index (χ0) is 16.5. The van der Waals surface area contributed by atoms with Crippen LogP contribution in [-0.4, -0.2) is 26.8 Å². The number of halogens is 1. The third kappa shape index (κ3) is 2.89. The van der Waals surface area contributed by atoms with Crippen LogP contribution in [0.4, 0.5) is 0 Å². The van der Waals surface area contributed by atoms with Gasteiger partial charge in [-0.25, -0.2) is 0 Å². The van der Waals surface area contributed by atoms with Crippen molar-refractivity contribution in [3.05, 3.63) is 46.7 Å². The van der Waals surface area contributed by atoms with Crippen molar-refractivity contribution < 1.29 is 4.79 Å². The van der Waals surface area contributed by atoms with Gasteiger partial charge in [-0.2, -0.15) is 0 Å². The fourth-order valence-corrected chi connectivity index (χ4v) is 4.36. The molecule has 6 heteroatoms. The Morgan fingerprint density at radius 2 is 1.96 bits per heavy atom. The third-order valence-electron chi connectivity index (χ3n) is 4.25. The Bertz CT molecular complexity index is 904. The number of rotatable bonds is 6. The van der Waals surface area contributed by atoms with Crippen molar-refractivity contribution in [3.63, 3.8) is 0 Å². The van der Waals surface area contributed by atoms with E-state index in [0.717, 1.165) is 17.1 Å². The Labute approximate surface area is 152 Å². The van der Waals surface area contributed by atoms with Gasteiger partial charge in [0.1, 0.15) is 6.29 Å². The molecule has 0 unspecified atom stereocenters. The molecule has 1 heterocycles. The average molecular weight is 402 g/mol. The molecule has 1 aromatic heterocycles. The van der Waals surface area contributed by atoms with Gasteiger partial charge in [0.05, 0.1) is 5.69 Å². The largest absolute Gasteiger partial charge is 0.303 e. The SMILES string of the molecule is O=CCCSc1nnc(Br)n1-c1ccc(C2CC2)c2ccccc12. The zero-order valence-electron chi connectivity index (χ0n) is 13.0. The summed E-state index contributed by atoms with van der Waals surface area (Å²) in [7, 11) is 0. The summed E-state index contributed by atoms with van der Waals surface area (Å²) < 4.78 is 2.70. The second-order valence-electron chi connectivity index (χ2n) is 5.88. The molecule has 2 aromatic carbocycles. The number of hydrogen-bond acceptors (Lipinski definition) is 4. The summed E-state index contributed by atoms with van der Waals surface area (Å²) in [6, 6.07) is 12.9. The molecule has 0 radical (unpaired) electrons. The van der Waals surface area contributed by atoms with Crippen molar-refractivity contribution in [3.8, 4) is 5.69 Å². The highest BCUT2D eigenvalue weighted by atomic mass is 79.9. The molecule has 4 nitrogen and oxygen atoms in total. The summed E-state index contributed by atoms with van der Waals surface area (Å²) in [4.78, 5) is 10.6. The van der Waals surface area contributed by atoms with Crippen LogP contribution in [0.1, 0.15) is 30.7 Å². The van der Waals surface area contributed by atoms with Crippen LogP contribution in [0.15, 0.2) is 46.3 Å². The van der Waals surface area contributed by atoms with Crippen molar-refractivity contribution in [1.29, 1.82) is 0 Å². The number of carbonyl (C=O) groups excluding carboxylic acids is 1. The minimum atomic E-state index is 0.510. The molecule has 24 heavy (non-hydrogen) atoms. The second-order valence-corrected chi connectivity index (χ2v) is 7.66. The second kappa shape index (κ2) is 6.69. The van der Waals surface area contributed by atoms with Gasteiger partial charge in [-0.1, -0.05) is 42.1 Å². The maximum atomic E-state index is 10.6. The van der Waals surface area contributed by atoms with Crippen molar-refractivity contribution in [2.75, 3.05) is 5.75 Å². The molecule has 0 bridgehead atoms. The van der Waals surface area contributed by atoms with Crippen LogP contribution in [-0.2, 0) is 4.79 Å². The van der Waals surface area contributed by atoms with Gasteiger partial charge in [0.2, 0.25) is 4.73 Å². The van der Waals surface area contributed by atoms with E-state index < -0.39 is 0 Å². The molecule has 1 aliphatic rings. The lowest BCUT2D eigenvalue weighted by Gasteiger charge is -2.13. The van der Waals surface area contributed by atoms with Crippen LogP contribution in [0.2, 0.25) is 0 Å². The summed E-state index contributed by atoms with van der Waals surface area (Å²) in [6.07, 6.45) is 4.01. The molecular formula is C18H16BrN3OS. The van der Waals surface area contributed by atoms with E-state index in [1.54, 1.807) is 11.8 Å². The topological polar surface area (TPSA) is 47.8 Å². The van der Waals surface area contributed by atoms with E-state index in [0.29, 0.717) is 22.8 Å². The lowest BCUT2D eigenvalue weighted by molar-refractivity contribution is -0.107. The minimum absolute atomic E-state index is 0.510. The first-order chi connectivity index (χ1) is 11.8. The van der Waals surface area contributed by atoms with Gasteiger partial charge in [-0.3, -0.25) is 4.57 Å². The van der Waals surface area contributed by atoms with E-state index >= 15 is 0 Å². The highest BCUT2D eigenvalue weighted by molar-refractivity contribution is 9.10. The Kier molecular flexibility index (Phi) is 4.41. The van der Waals surface area contributed by atoms with Crippen molar-refractivity contribution in [2.45, 2.75) is 30.3 Å². The van der Waals surface area contributed by atoms with E-state index in [1.165, 1.54) is 29.2 Å². The molecule has 0 spiro atoms. The fraction of sp³-hybridized carbons (Fsp3) is 0.278. The van der Waals surface area contributed by atoms with E-state index in [4.69, 9.17) is 0 Å². The van der Waals surface area contributed by atoms with Gasteiger partial charge >= 0.3 is 0 Å². The monoisotopic (exact) mass is 401 g/mol. The fourth-order valence-electron chi connectivity index (χ4n) is 3.00. The summed E-state index contributed by atoms with van der Waals surface area (Å²) in [6.45, 7) is 0. The van der Waals surface area contributed by atoms with Crippen LogP contribution in [0, 0.1) is 0 Å². The predicted molar refractivity (Wildman–Crippen MR) is 99.9 cm³/mol. The number of thioether (sulfide) groups is 1. The molecular weight excluding hydrogens is 386 g/mol. The normalized spacial score (nSPS) is 14.2. The van der Waals surface area contributed by atoms with Gasteiger partial charge in [0.15, 0.2) is 5.16 Å². The van der Waals surface area contributed by atoms with Crippen LogP contribution in [0.5, 0.6) is 0 Å². The van der Waals surface area contributed by atoms with Gasteiger partial charge in [0.25, 0.3) is 0 Å². The Morgan fingerprint density at radius 1 is 1.17 bits per heavy atom. The summed E-state index contributed by atoms with van der Waals surface area (Å²) in [5, 5.41) is 11.7. The van der Waals surface area contributed by atoms with Crippen molar-refractivity contribution >= 4 is 44.8 Å². The van der Waals surface area contributed by atoms with Crippen LogP contribution < -0.4 is 0 Å². The number of fused-ring (bicyclic) bond motifs is 1. The molecule has 0 aliphatic heterocycles. The molecule has 0 saturated heterocycles. The lowest BCUT2D eigenvalue weighted by Crippen LogP contribution is -2.00. The number of hydrogen-bond donors (Lipinski definition) is 0. The molecule has 1 saturated carbocycles. The van der Waals surface area contributed by atoms with Crippen molar-refractivity contribution in [1.82, 2.24) is 14.8 Å². The maximum absolute atomic E-state index is 10.6. The van der Waals surface area contributed by atoms with Crippen molar-refractivity contribution in [2.24, 2.45) is 0 Å². The van der Waals surface area contributed by atoms with Crippen LogP contribution >= 0.6 is 27.7 Å². The summed E-state index contributed by atoms with van der Waals surface area (Å²) in [5.74, 6) is 1.40. The molecule has 0 amide bonds. The molecule has 3 aromatic rings. The van der Waals surface area contributed by atoms with Gasteiger partial charge < -0.3 is 4.79 Å². The lowest BCUT2D eigenvalue weighted by atomic mass is 9.99. The van der Waals surface area contributed by atoms with Gasteiger partial charge in [-0.05, 0) is 51.7 Å². The maximum Gasteiger partial charge on any atom is 0.205 e. The van der Waals surface area contributed by atoms with E-state index in [9.17, 15) is 4.79 Å². The Balaban J connectivity index is 1.84. The molecule has 0 atom stereocenters. The Hall–Kier alpha value is -1.66. The van der Waals surface area contributed by atoms with Gasteiger partial charge in [-0.15, -0.1) is 10.2 Å². The highest BCUT2D eigenvalue weighted by Crippen LogP contribution is 2.44. The number of benzene rings is 2. The number of carbonyl (C=O) groups is 1. The quantitative estimate of drug-likeness (QED) is 0.340. The van der Waals surface area contributed by atoms with Crippen LogP contribution in [0.25, 0.3) is 16.5 Å². The molecule has 1 aliphatic carbocycles. The third-order valence-corrected chi connectivity index (χ3v) is 5.73. The minimum Gasteiger partial charge on any atom is -0.303 e. The standard InChI is InChI=1S/C18H16BrN3OS/c19-17-20-21-18(24-11-3-10-23)22(17)16-9-8-13(12-6-7-12)14-4-1-2-5-15(14)16/h1-2,4-5,8-10,12H,3,6-7,11H2. The van der Waals surface area contributed by atoms with E-state index in [2.05, 4.69) is 62.5 Å². The Morgan fingerprint density at radius 3 is 2.71 bits per heavy atom. The van der Waals surface area contributed by atoms with E-state index in [-0.39, 0.29) is 0 Å². The van der Waals surface area contributed by atoms with Gasteiger partial charge in [0, 0.05) is 17.6 Å². The summed E-state index contributed by atoms with van der Waals surface area (Å²) in [5.41, 5.74) is 2.51. The zero-order valence-corrected chi connectivity index (χ0v) is 15.4. The summed E-state index contributed by atoms with van der Waals surface area (Å²) >= 11 is 5.06. The molecule has 1 fully saturated rings. The number of aromatic nitrogens is 3. The average Bonchev–Trinajstić information content (AvgIpc) is 3.38. The molecule has 4 rings (SSSR count). The number of aldehydes is 1. The predicted octanol–water partition coefficient (Wildman–Crippen LogP) is 4.74. The highest BCUT2D eigenvalue weighted by Gasteiger charge is 2.26. The molecule has 0 N–H and O–H groups in total. The first kappa shape index (κ1) is 15.8.